The Balaban J connectivity index is 3.23. The van der Waals surface area contributed by atoms with E-state index in [1.54, 1.807) is 0 Å². The van der Waals surface area contributed by atoms with Crippen LogP contribution in [0.5, 0.6) is 0 Å². The molecule has 0 spiro atoms. The van der Waals surface area contributed by atoms with E-state index >= 15 is 0 Å². The summed E-state index contributed by atoms with van der Waals surface area (Å²) in [5, 5.41) is 3.73. The largest absolute Gasteiger partial charge is 0.309 e. The summed E-state index contributed by atoms with van der Waals surface area (Å²) in [6.45, 7) is 4.66. The van der Waals surface area contributed by atoms with Crippen LogP contribution in [0.4, 0.5) is 0 Å². The molecule has 0 aromatic carbocycles. The number of aliphatic imine (C=N–C) groups is 1. The third-order valence-corrected chi connectivity index (χ3v) is 1.23. The van der Waals surface area contributed by atoms with Gasteiger partial charge in [-0.2, -0.15) is 0 Å². The molecule has 0 atom stereocenters. The van der Waals surface area contributed by atoms with Crippen LogP contribution in [-0.4, -0.2) is 44.6 Å². The number of nitrogens with zero attached hydrogens (tertiary/aromatic N) is 3. The first-order valence-corrected chi connectivity index (χ1v) is 4.26. The fraction of sp³-hybridized carbons (Fsp3) is 0.875. The van der Waals surface area contributed by atoms with Crippen LogP contribution in [-0.2, 0) is 0 Å². The third kappa shape index (κ3) is 9.14. The molecule has 0 bridgehead atoms. The molecular weight excluding hydrogens is 152 g/mol. The van der Waals surface area contributed by atoms with Crippen molar-refractivity contribution in [2.45, 2.75) is 13.3 Å². The van der Waals surface area contributed by atoms with Gasteiger partial charge in [0, 0.05) is 6.54 Å². The zero-order chi connectivity index (χ0) is 9.23. The predicted octanol–water partition coefficient (Wildman–Crippen LogP) is 0.636. The maximum absolute atomic E-state index is 3.98. The molecule has 4 nitrogen and oxygen atoms in total. The van der Waals surface area contributed by atoms with Crippen LogP contribution in [0.25, 0.3) is 0 Å². The zero-order valence-corrected chi connectivity index (χ0v) is 8.17. The molecule has 0 aliphatic carbocycles. The van der Waals surface area contributed by atoms with Crippen molar-refractivity contribution < 1.29 is 0 Å². The number of hydrogen-bond donors (Lipinski definition) is 1. The molecule has 0 aromatic heterocycles. The Morgan fingerprint density at radius 3 is 2.75 bits per heavy atom. The van der Waals surface area contributed by atoms with E-state index in [2.05, 4.69) is 40.5 Å². The molecule has 0 radical (unpaired) electrons. The molecule has 70 valence electrons. The van der Waals surface area contributed by atoms with E-state index in [0.29, 0.717) is 0 Å². The van der Waals surface area contributed by atoms with Gasteiger partial charge in [-0.25, -0.2) is 4.99 Å². The number of hydrogen-bond acceptors (Lipinski definition) is 4. The average Bonchev–Trinajstić information content (AvgIpc) is 2.02. The van der Waals surface area contributed by atoms with E-state index < -0.39 is 0 Å². The Bertz CT molecular complexity index is 147. The van der Waals surface area contributed by atoms with Crippen LogP contribution in [0.15, 0.2) is 10.1 Å². The predicted molar refractivity (Wildman–Crippen MR) is 51.6 cm³/mol. The summed E-state index contributed by atoms with van der Waals surface area (Å²) in [6.07, 6.45) is 1.06. The van der Waals surface area contributed by atoms with Crippen molar-refractivity contribution in [2.24, 2.45) is 10.1 Å². The van der Waals surface area contributed by atoms with Gasteiger partial charge in [-0.15, -0.1) is 5.10 Å². The lowest BCUT2D eigenvalue weighted by Crippen LogP contribution is -2.13. The highest BCUT2D eigenvalue weighted by Crippen LogP contribution is 1.82. The van der Waals surface area contributed by atoms with Crippen LogP contribution in [0.3, 0.4) is 0 Å². The molecule has 0 fully saturated rings. The fourth-order valence-corrected chi connectivity index (χ4v) is 0.666. The van der Waals surface area contributed by atoms with E-state index in [1.807, 2.05) is 6.92 Å². The van der Waals surface area contributed by atoms with Gasteiger partial charge < -0.3 is 10.3 Å². The summed E-state index contributed by atoms with van der Waals surface area (Å²) in [5.74, 6) is 0. The Kier molecular flexibility index (Phi) is 7.65. The minimum Gasteiger partial charge on any atom is -0.309 e. The lowest BCUT2D eigenvalue weighted by atomic mass is 10.4. The van der Waals surface area contributed by atoms with Gasteiger partial charge in [-0.1, -0.05) is 0 Å². The minimum absolute atomic E-state index is 0.799. The zero-order valence-electron chi connectivity index (χ0n) is 8.17. The van der Waals surface area contributed by atoms with Crippen molar-refractivity contribution in [3.63, 3.8) is 0 Å². The second-order valence-corrected chi connectivity index (χ2v) is 2.76. The Morgan fingerprint density at radius 2 is 2.17 bits per heavy atom. The molecule has 4 heteroatoms. The number of nitrogens with one attached hydrogen (secondary N) is 1. The van der Waals surface area contributed by atoms with Gasteiger partial charge in [0.25, 0.3) is 0 Å². The molecule has 1 N–H and O–H groups in total. The molecule has 0 amide bonds. The van der Waals surface area contributed by atoms with Gasteiger partial charge in [0.05, 0.1) is 6.54 Å². The first-order chi connectivity index (χ1) is 5.77. The molecule has 0 aliphatic rings. The summed E-state index contributed by atoms with van der Waals surface area (Å²) in [5.41, 5.74) is 2.76. The minimum atomic E-state index is 0.799. The van der Waals surface area contributed by atoms with Gasteiger partial charge in [0.15, 0.2) is 0 Å². The first-order valence-electron chi connectivity index (χ1n) is 4.26. The van der Waals surface area contributed by atoms with Crippen molar-refractivity contribution in [1.29, 1.82) is 0 Å². The van der Waals surface area contributed by atoms with Gasteiger partial charge in [-0.05, 0) is 34.0 Å². The lowest BCUT2D eigenvalue weighted by molar-refractivity contribution is 0.403. The molecule has 0 unspecified atom stereocenters. The highest BCUT2D eigenvalue weighted by atomic mass is 15.3. The van der Waals surface area contributed by atoms with E-state index in [1.165, 1.54) is 0 Å². The van der Waals surface area contributed by atoms with Crippen molar-refractivity contribution in [3.05, 3.63) is 0 Å². The van der Waals surface area contributed by atoms with E-state index in [0.717, 1.165) is 26.1 Å². The van der Waals surface area contributed by atoms with Gasteiger partial charge >= 0.3 is 0 Å². The maximum Gasteiger partial charge on any atom is 0.114 e. The second kappa shape index (κ2) is 8.24. The molecule has 0 saturated heterocycles. The highest BCUT2D eigenvalue weighted by Gasteiger charge is 1.86. The average molecular weight is 170 g/mol. The quantitative estimate of drug-likeness (QED) is 0.361. The van der Waals surface area contributed by atoms with Crippen molar-refractivity contribution in [2.75, 3.05) is 33.7 Å². The summed E-state index contributed by atoms with van der Waals surface area (Å²) >= 11 is 0. The molecule has 0 heterocycles. The standard InChI is InChI=1S/C8H18N4/c1-4-10-11-8-9-6-5-7-12(2)3/h10H,4-7H2,1-3H3. The van der Waals surface area contributed by atoms with Gasteiger partial charge in [0.1, 0.15) is 6.01 Å². The van der Waals surface area contributed by atoms with Crippen LogP contribution in [0, 0.1) is 0 Å². The molecule has 0 aromatic rings. The maximum atomic E-state index is 3.98. The van der Waals surface area contributed by atoms with E-state index in [4.69, 9.17) is 0 Å². The normalized spacial score (nSPS) is 9.33. The first kappa shape index (κ1) is 11.1. The number of hydrazone groups is 1. The topological polar surface area (TPSA) is 40.0 Å². The summed E-state index contributed by atoms with van der Waals surface area (Å²) < 4.78 is 0. The summed E-state index contributed by atoms with van der Waals surface area (Å²) in [6, 6.07) is 2.58. The van der Waals surface area contributed by atoms with Crippen LogP contribution in [0.2, 0.25) is 0 Å². The van der Waals surface area contributed by atoms with Crippen LogP contribution >= 0.6 is 0 Å². The van der Waals surface area contributed by atoms with Crippen molar-refractivity contribution >= 4 is 6.01 Å². The molecular formula is C8H18N4. The van der Waals surface area contributed by atoms with E-state index in [9.17, 15) is 0 Å². The van der Waals surface area contributed by atoms with Gasteiger partial charge in [-0.3, -0.25) is 0 Å². The smallest absolute Gasteiger partial charge is 0.114 e. The molecule has 0 saturated carbocycles. The Hall–Kier alpha value is -0.860. The van der Waals surface area contributed by atoms with Gasteiger partial charge in [0.2, 0.25) is 0 Å². The van der Waals surface area contributed by atoms with Crippen molar-refractivity contribution in [3.8, 4) is 0 Å². The number of rotatable bonds is 6. The Labute approximate surface area is 74.4 Å². The molecule has 12 heavy (non-hydrogen) atoms. The second-order valence-electron chi connectivity index (χ2n) is 2.76. The highest BCUT2D eigenvalue weighted by molar-refractivity contribution is 5.40. The molecule has 0 aliphatic heterocycles. The lowest BCUT2D eigenvalue weighted by Gasteiger charge is -2.05. The third-order valence-electron chi connectivity index (χ3n) is 1.23. The Morgan fingerprint density at radius 1 is 1.42 bits per heavy atom. The van der Waals surface area contributed by atoms with Crippen LogP contribution in [0.1, 0.15) is 13.3 Å². The van der Waals surface area contributed by atoms with Crippen molar-refractivity contribution in [1.82, 2.24) is 10.3 Å². The summed E-state index contributed by atoms with van der Waals surface area (Å²) in [7, 11) is 4.10. The van der Waals surface area contributed by atoms with Crippen LogP contribution < -0.4 is 5.43 Å². The summed E-state index contributed by atoms with van der Waals surface area (Å²) in [4.78, 5) is 6.11. The monoisotopic (exact) mass is 170 g/mol. The fourth-order valence-electron chi connectivity index (χ4n) is 0.666. The van der Waals surface area contributed by atoms with E-state index in [-0.39, 0.29) is 0 Å². The SMILES string of the molecule is CCNN=C=NCCCN(C)C. The molecule has 0 rings (SSSR count).